The second-order valence-electron chi connectivity index (χ2n) is 9.11. The zero-order valence-electron chi connectivity index (χ0n) is 20.6. The van der Waals surface area contributed by atoms with E-state index in [0.29, 0.717) is 22.6 Å². The van der Waals surface area contributed by atoms with E-state index in [1.165, 1.54) is 12.4 Å². The first kappa shape index (κ1) is 25.6. The highest BCUT2D eigenvalue weighted by Gasteiger charge is 2.17. The summed E-state index contributed by atoms with van der Waals surface area (Å²) in [4.78, 5) is 30.2. The second kappa shape index (κ2) is 11.4. The van der Waals surface area contributed by atoms with E-state index in [2.05, 4.69) is 36.2 Å². The van der Waals surface area contributed by atoms with Gasteiger partial charge in [-0.05, 0) is 61.6 Å². The van der Waals surface area contributed by atoms with Gasteiger partial charge >= 0.3 is 0 Å². The molecule has 0 bridgehead atoms. The van der Waals surface area contributed by atoms with Gasteiger partial charge in [0.05, 0.1) is 5.39 Å². The van der Waals surface area contributed by atoms with Crippen molar-refractivity contribution in [2.75, 3.05) is 0 Å². The first-order valence-corrected chi connectivity index (χ1v) is 11.6. The quantitative estimate of drug-likeness (QED) is 0.301. The van der Waals surface area contributed by atoms with Crippen molar-refractivity contribution in [3.05, 3.63) is 101 Å². The molecule has 0 saturated heterocycles. The molecule has 0 spiro atoms. The van der Waals surface area contributed by atoms with E-state index in [0.717, 1.165) is 23.1 Å². The lowest BCUT2D eigenvalue weighted by Crippen LogP contribution is -2.34. The van der Waals surface area contributed by atoms with Crippen LogP contribution in [0.25, 0.3) is 22.3 Å². The van der Waals surface area contributed by atoms with E-state index in [1.807, 2.05) is 50.3 Å². The number of nitrogens with one attached hydrogen (secondary N) is 2. The van der Waals surface area contributed by atoms with Gasteiger partial charge in [-0.1, -0.05) is 50.3 Å². The molecule has 3 rings (SSSR count). The van der Waals surface area contributed by atoms with Gasteiger partial charge in [0, 0.05) is 30.3 Å². The number of allylic oxidation sites excluding steroid dienone is 4. The molecule has 0 aliphatic rings. The van der Waals surface area contributed by atoms with Crippen molar-refractivity contribution in [3.63, 3.8) is 0 Å². The van der Waals surface area contributed by atoms with Crippen molar-refractivity contribution < 1.29 is 10.0 Å². The van der Waals surface area contributed by atoms with Crippen LogP contribution < -0.4 is 16.2 Å². The normalized spacial score (nSPS) is 12.0. The molecule has 0 radical (unpaired) electrons. The van der Waals surface area contributed by atoms with Crippen LogP contribution in [0.2, 0.25) is 0 Å². The number of hydrogen-bond donors (Lipinski definition) is 3. The number of nitrogens with zero attached hydrogens (tertiary/aromatic N) is 2. The molecule has 35 heavy (non-hydrogen) atoms. The summed E-state index contributed by atoms with van der Waals surface area (Å²) in [5.74, 6) is 0.0551. The summed E-state index contributed by atoms with van der Waals surface area (Å²) in [5, 5.41) is 12.5. The van der Waals surface area contributed by atoms with Crippen LogP contribution in [0.3, 0.4) is 0 Å². The number of carbonyl (C=O) groups is 1. The molecule has 0 aliphatic carbocycles. The Balaban J connectivity index is 2.12. The average Bonchev–Trinajstić information content (AvgIpc) is 2.81. The fraction of sp³-hybridized carbons (Fsp3) is 0.250. The topological polar surface area (TPSA) is 96.2 Å². The zero-order chi connectivity index (χ0) is 25.5. The molecule has 1 aromatic carbocycles. The predicted molar refractivity (Wildman–Crippen MR) is 141 cm³/mol. The van der Waals surface area contributed by atoms with E-state index in [1.54, 1.807) is 22.9 Å². The smallest absolute Gasteiger partial charge is 0.256 e. The summed E-state index contributed by atoms with van der Waals surface area (Å²) >= 11 is 0. The monoisotopic (exact) mass is 472 g/mol. The maximum atomic E-state index is 13.0. The number of benzene rings is 1. The number of amides is 1. The van der Waals surface area contributed by atoms with Gasteiger partial charge in [0.25, 0.3) is 5.91 Å². The number of hydrogen-bond acceptors (Lipinski definition) is 5. The first-order valence-electron chi connectivity index (χ1n) is 11.6. The Morgan fingerprint density at radius 3 is 2.63 bits per heavy atom. The number of pyridine rings is 2. The molecule has 0 saturated carbocycles. The van der Waals surface area contributed by atoms with Crippen LogP contribution in [-0.4, -0.2) is 26.7 Å². The Bertz CT molecular complexity index is 1350. The Labute approximate surface area is 205 Å². The third-order valence-electron chi connectivity index (χ3n) is 5.27. The number of hydroxylamine groups is 1. The number of rotatable bonds is 9. The van der Waals surface area contributed by atoms with E-state index < -0.39 is 5.91 Å². The van der Waals surface area contributed by atoms with Crippen molar-refractivity contribution in [1.82, 2.24) is 20.3 Å². The molecule has 0 fully saturated rings. The largest absolute Gasteiger partial charge is 0.350 e. The minimum Gasteiger partial charge on any atom is -0.350 e. The van der Waals surface area contributed by atoms with E-state index >= 15 is 0 Å². The van der Waals surface area contributed by atoms with Crippen molar-refractivity contribution in [3.8, 4) is 5.69 Å². The molecule has 7 heteroatoms. The summed E-state index contributed by atoms with van der Waals surface area (Å²) < 4.78 is 1.74. The molecule has 7 nitrogen and oxygen atoms in total. The number of fused-ring (bicyclic) bond motifs is 1. The van der Waals surface area contributed by atoms with Gasteiger partial charge in [0.2, 0.25) is 5.43 Å². The van der Waals surface area contributed by atoms with Crippen LogP contribution in [0, 0.1) is 5.92 Å². The fourth-order valence-electron chi connectivity index (χ4n) is 3.79. The third-order valence-corrected chi connectivity index (χ3v) is 5.27. The maximum Gasteiger partial charge on any atom is 0.256 e. The minimum absolute atomic E-state index is 0.0438. The summed E-state index contributed by atoms with van der Waals surface area (Å²) in [5.41, 5.74) is 5.48. The highest BCUT2D eigenvalue weighted by atomic mass is 16.5. The molecule has 0 unspecified atom stereocenters. The standard InChI is InChI=1S/C28H32N4O3/c1-18(2)14-20(5)11-12-22(16-30-35)21-8-6-9-23(15-21)32-17-25(28(34)31-19(3)4)26(33)24-10-7-13-29-27(24)32/h6-13,15-19,30,35H,5,14H2,1-4H3,(H,31,34). The highest BCUT2D eigenvalue weighted by Crippen LogP contribution is 2.23. The molecule has 3 aromatic rings. The van der Waals surface area contributed by atoms with Gasteiger partial charge in [0.1, 0.15) is 11.2 Å². The maximum absolute atomic E-state index is 13.0. The molecule has 2 aromatic heterocycles. The molecule has 182 valence electrons. The van der Waals surface area contributed by atoms with Crippen LogP contribution in [0.1, 0.15) is 50.0 Å². The van der Waals surface area contributed by atoms with E-state index in [-0.39, 0.29) is 17.0 Å². The van der Waals surface area contributed by atoms with Gasteiger partial charge < -0.3 is 9.88 Å². The Morgan fingerprint density at radius 2 is 1.94 bits per heavy atom. The van der Waals surface area contributed by atoms with Gasteiger partial charge in [-0.2, -0.15) is 0 Å². The van der Waals surface area contributed by atoms with Gasteiger partial charge in [-0.15, -0.1) is 0 Å². The molecular formula is C28H32N4O3. The van der Waals surface area contributed by atoms with E-state index in [4.69, 9.17) is 0 Å². The Kier molecular flexibility index (Phi) is 8.39. The van der Waals surface area contributed by atoms with Crippen LogP contribution in [0.4, 0.5) is 0 Å². The first-order chi connectivity index (χ1) is 16.7. The number of aromatic nitrogens is 2. The van der Waals surface area contributed by atoms with Crippen LogP contribution in [0.5, 0.6) is 0 Å². The van der Waals surface area contributed by atoms with Crippen molar-refractivity contribution in [1.29, 1.82) is 0 Å². The minimum atomic E-state index is -0.433. The molecular weight excluding hydrogens is 440 g/mol. The predicted octanol–water partition coefficient (Wildman–Crippen LogP) is 5.00. The molecule has 3 N–H and O–H groups in total. The lowest BCUT2D eigenvalue weighted by Gasteiger charge is -2.15. The lowest BCUT2D eigenvalue weighted by atomic mass is 10.0. The summed E-state index contributed by atoms with van der Waals surface area (Å²) in [6, 6.07) is 10.8. The van der Waals surface area contributed by atoms with Gasteiger partial charge in [0.15, 0.2) is 0 Å². The molecule has 2 heterocycles. The van der Waals surface area contributed by atoms with Crippen LogP contribution >= 0.6 is 0 Å². The van der Waals surface area contributed by atoms with E-state index in [9.17, 15) is 14.8 Å². The average molecular weight is 473 g/mol. The molecule has 0 atom stereocenters. The Morgan fingerprint density at radius 1 is 1.17 bits per heavy atom. The Hall–Kier alpha value is -3.97. The summed E-state index contributed by atoms with van der Waals surface area (Å²) in [6.45, 7) is 12.0. The van der Waals surface area contributed by atoms with Crippen LogP contribution in [0.15, 0.2) is 84.1 Å². The van der Waals surface area contributed by atoms with Crippen molar-refractivity contribution in [2.45, 2.75) is 40.2 Å². The molecule has 1 amide bonds. The van der Waals surface area contributed by atoms with Gasteiger partial charge in [-0.25, -0.2) is 4.98 Å². The van der Waals surface area contributed by atoms with Gasteiger partial charge in [-0.3, -0.25) is 20.3 Å². The lowest BCUT2D eigenvalue weighted by molar-refractivity contribution is 0.0941. The fourth-order valence-corrected chi connectivity index (χ4v) is 3.79. The second-order valence-corrected chi connectivity index (χ2v) is 9.11. The molecule has 0 aliphatic heterocycles. The third kappa shape index (κ3) is 6.33. The highest BCUT2D eigenvalue weighted by molar-refractivity contribution is 5.97. The number of carbonyl (C=O) groups excluding carboxylic acids is 1. The summed E-state index contributed by atoms with van der Waals surface area (Å²) in [6.07, 6.45) is 9.31. The summed E-state index contributed by atoms with van der Waals surface area (Å²) in [7, 11) is 0. The van der Waals surface area contributed by atoms with Crippen LogP contribution in [-0.2, 0) is 0 Å². The van der Waals surface area contributed by atoms with Crippen molar-refractivity contribution >= 4 is 22.5 Å². The zero-order valence-corrected chi connectivity index (χ0v) is 20.6. The SMILES string of the molecule is C=C(C=CC(=CNO)c1cccc(-n2cc(C(=O)NC(C)C)c(=O)c3cccnc32)c1)CC(C)C. The van der Waals surface area contributed by atoms with Crippen molar-refractivity contribution in [2.24, 2.45) is 5.92 Å².